The zero-order chi connectivity index (χ0) is 14.9. The first kappa shape index (κ1) is 14.1. The van der Waals surface area contributed by atoms with Crippen LogP contribution < -0.4 is 10.2 Å². The molecule has 0 atom stereocenters. The van der Waals surface area contributed by atoms with Gasteiger partial charge in [-0.2, -0.15) is 15.1 Å². The molecule has 0 amide bonds. The Morgan fingerprint density at radius 1 is 1.43 bits per heavy atom. The Morgan fingerprint density at radius 2 is 2.29 bits per heavy atom. The summed E-state index contributed by atoms with van der Waals surface area (Å²) in [7, 11) is 0. The molecule has 0 radical (unpaired) electrons. The van der Waals surface area contributed by atoms with E-state index in [9.17, 15) is 0 Å². The van der Waals surface area contributed by atoms with Crippen LogP contribution in [-0.2, 0) is 4.74 Å². The maximum absolute atomic E-state index is 5.60. The SMILES string of the molecule is CCCNc1nc(N2CCOCC2(C)C)c2cn[nH]c2n1. The van der Waals surface area contributed by atoms with Gasteiger partial charge >= 0.3 is 0 Å². The standard InChI is InChI=1S/C14H22N6O/c1-4-5-15-13-17-11-10(8-16-19-11)12(18-13)20-6-7-21-9-14(20,2)3/h8H,4-7,9H2,1-3H3,(H2,15,16,17,18,19). The van der Waals surface area contributed by atoms with Gasteiger partial charge < -0.3 is 15.0 Å². The van der Waals surface area contributed by atoms with Crippen LogP contribution in [0.1, 0.15) is 27.2 Å². The van der Waals surface area contributed by atoms with Crippen LogP contribution in [0, 0.1) is 0 Å². The molecule has 1 saturated heterocycles. The van der Waals surface area contributed by atoms with Gasteiger partial charge in [0.2, 0.25) is 5.95 Å². The van der Waals surface area contributed by atoms with E-state index >= 15 is 0 Å². The molecule has 0 aromatic carbocycles. The average molecular weight is 290 g/mol. The number of hydrogen-bond acceptors (Lipinski definition) is 6. The van der Waals surface area contributed by atoms with E-state index < -0.39 is 0 Å². The molecule has 2 N–H and O–H groups in total. The van der Waals surface area contributed by atoms with Crippen LogP contribution in [0.2, 0.25) is 0 Å². The highest BCUT2D eigenvalue weighted by Crippen LogP contribution is 2.31. The minimum atomic E-state index is -0.0984. The summed E-state index contributed by atoms with van der Waals surface area (Å²) in [5.74, 6) is 1.56. The van der Waals surface area contributed by atoms with E-state index in [2.05, 4.69) is 46.2 Å². The van der Waals surface area contributed by atoms with E-state index in [0.717, 1.165) is 36.4 Å². The highest BCUT2D eigenvalue weighted by atomic mass is 16.5. The predicted octanol–water partition coefficient (Wildman–Crippen LogP) is 1.79. The van der Waals surface area contributed by atoms with E-state index in [0.29, 0.717) is 19.2 Å². The second-order valence-corrected chi connectivity index (χ2v) is 5.95. The van der Waals surface area contributed by atoms with Gasteiger partial charge in [0, 0.05) is 13.1 Å². The molecule has 0 unspecified atom stereocenters. The minimum Gasteiger partial charge on any atom is -0.377 e. The van der Waals surface area contributed by atoms with Crippen LogP contribution in [0.5, 0.6) is 0 Å². The van der Waals surface area contributed by atoms with Gasteiger partial charge in [-0.3, -0.25) is 5.10 Å². The number of ether oxygens (including phenoxy) is 1. The lowest BCUT2D eigenvalue weighted by molar-refractivity contribution is 0.0641. The molecule has 2 aromatic rings. The lowest BCUT2D eigenvalue weighted by atomic mass is 10.0. The van der Waals surface area contributed by atoms with E-state index in [-0.39, 0.29) is 5.54 Å². The van der Waals surface area contributed by atoms with Gasteiger partial charge in [0.1, 0.15) is 5.82 Å². The summed E-state index contributed by atoms with van der Waals surface area (Å²) in [4.78, 5) is 11.5. The first-order valence-electron chi connectivity index (χ1n) is 7.42. The van der Waals surface area contributed by atoms with E-state index in [1.165, 1.54) is 0 Å². The topological polar surface area (TPSA) is 79.0 Å². The van der Waals surface area contributed by atoms with Crippen molar-refractivity contribution in [3.63, 3.8) is 0 Å². The third-order valence-electron chi connectivity index (χ3n) is 3.72. The highest BCUT2D eigenvalue weighted by Gasteiger charge is 2.33. The molecule has 3 heterocycles. The third kappa shape index (κ3) is 2.65. The van der Waals surface area contributed by atoms with Crippen molar-refractivity contribution in [2.45, 2.75) is 32.7 Å². The predicted molar refractivity (Wildman–Crippen MR) is 82.7 cm³/mol. The smallest absolute Gasteiger partial charge is 0.226 e. The summed E-state index contributed by atoms with van der Waals surface area (Å²) in [6.07, 6.45) is 2.82. The van der Waals surface area contributed by atoms with E-state index in [1.54, 1.807) is 6.20 Å². The molecular formula is C14H22N6O. The first-order chi connectivity index (χ1) is 10.1. The van der Waals surface area contributed by atoms with Gasteiger partial charge in [0.15, 0.2) is 5.65 Å². The zero-order valence-corrected chi connectivity index (χ0v) is 12.8. The summed E-state index contributed by atoms with van der Waals surface area (Å²) < 4.78 is 5.60. The van der Waals surface area contributed by atoms with Crippen LogP contribution in [0.25, 0.3) is 11.0 Å². The molecule has 1 aliphatic rings. The van der Waals surface area contributed by atoms with E-state index in [1.807, 2.05) is 0 Å². The van der Waals surface area contributed by atoms with Gasteiger partial charge in [-0.1, -0.05) is 6.92 Å². The van der Waals surface area contributed by atoms with E-state index in [4.69, 9.17) is 9.72 Å². The Balaban J connectivity index is 2.04. The number of rotatable bonds is 4. The summed E-state index contributed by atoms with van der Waals surface area (Å²) in [5.41, 5.74) is 0.666. The second kappa shape index (κ2) is 5.48. The van der Waals surface area contributed by atoms with Crippen molar-refractivity contribution in [1.82, 2.24) is 20.2 Å². The normalized spacial score (nSPS) is 18.1. The maximum atomic E-state index is 5.60. The Labute approximate surface area is 124 Å². The molecule has 3 rings (SSSR count). The van der Waals surface area contributed by atoms with Crippen molar-refractivity contribution in [2.75, 3.05) is 36.5 Å². The fourth-order valence-corrected chi connectivity index (χ4v) is 2.59. The number of nitrogens with one attached hydrogen (secondary N) is 2. The molecule has 1 aliphatic heterocycles. The van der Waals surface area contributed by atoms with Crippen LogP contribution >= 0.6 is 0 Å². The number of anilines is 2. The molecule has 2 aromatic heterocycles. The molecule has 1 fully saturated rings. The van der Waals surface area contributed by atoms with Crippen molar-refractivity contribution in [2.24, 2.45) is 0 Å². The number of hydrogen-bond donors (Lipinski definition) is 2. The van der Waals surface area contributed by atoms with Crippen LogP contribution in [0.15, 0.2) is 6.20 Å². The third-order valence-corrected chi connectivity index (χ3v) is 3.72. The molecule has 0 spiro atoms. The molecule has 0 saturated carbocycles. The molecule has 0 aliphatic carbocycles. The van der Waals surface area contributed by atoms with Gasteiger partial charge in [0.05, 0.1) is 30.3 Å². The van der Waals surface area contributed by atoms with Crippen molar-refractivity contribution < 1.29 is 4.74 Å². The molecule has 7 nitrogen and oxygen atoms in total. The lowest BCUT2D eigenvalue weighted by Crippen LogP contribution is -2.53. The average Bonchev–Trinajstić information content (AvgIpc) is 2.92. The van der Waals surface area contributed by atoms with Gasteiger partial charge in [-0.15, -0.1) is 0 Å². The number of nitrogens with zero attached hydrogens (tertiary/aromatic N) is 4. The monoisotopic (exact) mass is 290 g/mol. The van der Waals surface area contributed by atoms with Gasteiger partial charge in [-0.25, -0.2) is 0 Å². The van der Waals surface area contributed by atoms with Crippen LogP contribution in [0.3, 0.4) is 0 Å². The molecule has 7 heteroatoms. The number of fused-ring (bicyclic) bond motifs is 1. The number of H-pyrrole nitrogens is 1. The highest BCUT2D eigenvalue weighted by molar-refractivity contribution is 5.88. The lowest BCUT2D eigenvalue weighted by Gasteiger charge is -2.43. The summed E-state index contributed by atoms with van der Waals surface area (Å²) >= 11 is 0. The molecular weight excluding hydrogens is 268 g/mol. The Bertz CT molecular complexity index is 623. The molecule has 0 bridgehead atoms. The number of morpholine rings is 1. The first-order valence-corrected chi connectivity index (χ1v) is 7.42. The summed E-state index contributed by atoms with van der Waals surface area (Å²) in [6.45, 7) is 9.52. The summed E-state index contributed by atoms with van der Waals surface area (Å²) in [6, 6.07) is 0. The molecule has 21 heavy (non-hydrogen) atoms. The van der Waals surface area contributed by atoms with Crippen molar-refractivity contribution >= 4 is 22.8 Å². The van der Waals surface area contributed by atoms with Crippen LogP contribution in [-0.4, -0.2) is 52.0 Å². The quantitative estimate of drug-likeness (QED) is 0.893. The Hall–Kier alpha value is -1.89. The van der Waals surface area contributed by atoms with Crippen molar-refractivity contribution in [3.05, 3.63) is 6.20 Å². The largest absolute Gasteiger partial charge is 0.377 e. The van der Waals surface area contributed by atoms with Gasteiger partial charge in [-0.05, 0) is 20.3 Å². The Kier molecular flexibility index (Phi) is 3.67. The minimum absolute atomic E-state index is 0.0984. The fraction of sp³-hybridized carbons (Fsp3) is 0.643. The van der Waals surface area contributed by atoms with Crippen LogP contribution in [0.4, 0.5) is 11.8 Å². The zero-order valence-electron chi connectivity index (χ0n) is 12.8. The maximum Gasteiger partial charge on any atom is 0.226 e. The fourth-order valence-electron chi connectivity index (χ4n) is 2.59. The second-order valence-electron chi connectivity index (χ2n) is 5.95. The van der Waals surface area contributed by atoms with Crippen molar-refractivity contribution in [1.29, 1.82) is 0 Å². The Morgan fingerprint density at radius 3 is 3.05 bits per heavy atom. The van der Waals surface area contributed by atoms with Gasteiger partial charge in [0.25, 0.3) is 0 Å². The summed E-state index contributed by atoms with van der Waals surface area (Å²) in [5, 5.41) is 11.3. The number of aromatic nitrogens is 4. The molecule has 114 valence electrons. The number of aromatic amines is 1. The van der Waals surface area contributed by atoms with Crippen molar-refractivity contribution in [3.8, 4) is 0 Å².